The van der Waals surface area contributed by atoms with Gasteiger partial charge in [0.2, 0.25) is 11.2 Å². The van der Waals surface area contributed by atoms with Crippen molar-refractivity contribution in [3.63, 3.8) is 0 Å². The molecule has 2 aliphatic heterocycles. The number of ether oxygens (including phenoxy) is 4. The number of aliphatic hydroxyl groups excluding tert-OH is 1. The molecule has 0 aliphatic carbocycles. The van der Waals surface area contributed by atoms with E-state index < -0.39 is 78.2 Å². The van der Waals surface area contributed by atoms with Gasteiger partial charge in [0, 0.05) is 25.7 Å². The van der Waals surface area contributed by atoms with Gasteiger partial charge in [-0.3, -0.25) is 19.2 Å². The van der Waals surface area contributed by atoms with Crippen LogP contribution in [0.25, 0.3) is 0 Å². The van der Waals surface area contributed by atoms with Crippen LogP contribution < -0.4 is 0 Å². The standard InChI is InChI=1S/C37H60O13/c1-3-5-7-9-11-13-15-17-19-28(32(41)42)36(23-21-30(39)49-36)34(45)47-25-27(38)26-48-35(46)37(24-22-31(40)50-37)29(33(43)44)20-18-16-14-12-10-8-6-4-2/h27-29,38H,3-26H2,1-2H3,(H,41,42)(H,43,44)/t28-,29-,36+,37+/m1/s1. The van der Waals surface area contributed by atoms with Crippen LogP contribution in [-0.2, 0) is 47.7 Å². The molecule has 0 bridgehead atoms. The lowest BCUT2D eigenvalue weighted by molar-refractivity contribution is -0.192. The van der Waals surface area contributed by atoms with Crippen molar-refractivity contribution in [1.29, 1.82) is 0 Å². The SMILES string of the molecule is CCCCCCCCCC[C@H](C(=O)O)[C@]1(C(=O)OCC(O)COC(=O)[C@@]2([C@H](CCCCCCCCCC)C(=O)O)CCC(=O)O2)CCC(=O)O1. The molecule has 0 saturated carbocycles. The number of carboxylic acid groups (broad SMARTS) is 2. The van der Waals surface area contributed by atoms with E-state index in [1.165, 1.54) is 12.8 Å². The Morgan fingerprint density at radius 2 is 0.920 bits per heavy atom. The van der Waals surface area contributed by atoms with Crippen LogP contribution in [0.5, 0.6) is 0 Å². The van der Waals surface area contributed by atoms with Crippen molar-refractivity contribution >= 4 is 35.8 Å². The van der Waals surface area contributed by atoms with Crippen molar-refractivity contribution in [1.82, 2.24) is 0 Å². The Kier molecular flexibility index (Phi) is 19.4. The minimum atomic E-state index is -2.05. The molecular formula is C37H60O13. The first-order valence-corrected chi connectivity index (χ1v) is 18.8. The normalized spacial score (nSPS) is 21.4. The van der Waals surface area contributed by atoms with Crippen LogP contribution in [-0.4, -0.2) is 81.7 Å². The van der Waals surface area contributed by atoms with E-state index in [1.807, 2.05) is 0 Å². The van der Waals surface area contributed by atoms with Crippen molar-refractivity contribution in [2.75, 3.05) is 13.2 Å². The quantitative estimate of drug-likeness (QED) is 0.0482. The van der Waals surface area contributed by atoms with E-state index in [0.717, 1.165) is 77.0 Å². The predicted molar refractivity (Wildman–Crippen MR) is 181 cm³/mol. The first-order valence-electron chi connectivity index (χ1n) is 18.8. The second-order valence-electron chi connectivity index (χ2n) is 13.9. The van der Waals surface area contributed by atoms with Gasteiger partial charge in [-0.05, 0) is 12.8 Å². The highest BCUT2D eigenvalue weighted by Gasteiger charge is 2.58. The molecule has 13 heteroatoms. The Labute approximate surface area is 296 Å². The van der Waals surface area contributed by atoms with Crippen LogP contribution in [0.4, 0.5) is 0 Å². The number of rotatable bonds is 28. The third-order valence-electron chi connectivity index (χ3n) is 9.91. The molecule has 13 nitrogen and oxygen atoms in total. The van der Waals surface area contributed by atoms with Gasteiger partial charge in [0.05, 0.1) is 0 Å². The number of carboxylic acids is 2. The molecule has 2 aliphatic rings. The summed E-state index contributed by atoms with van der Waals surface area (Å²) < 4.78 is 21.2. The smallest absolute Gasteiger partial charge is 0.351 e. The van der Waals surface area contributed by atoms with Gasteiger partial charge in [-0.15, -0.1) is 0 Å². The third-order valence-corrected chi connectivity index (χ3v) is 9.91. The van der Waals surface area contributed by atoms with E-state index in [9.17, 15) is 44.1 Å². The Hall–Kier alpha value is -3.22. The lowest BCUT2D eigenvalue weighted by Crippen LogP contribution is -2.51. The molecule has 0 unspecified atom stereocenters. The molecule has 50 heavy (non-hydrogen) atoms. The fourth-order valence-corrected chi connectivity index (χ4v) is 6.96. The number of carbonyl (C=O) groups excluding carboxylic acids is 4. The molecule has 0 amide bonds. The summed E-state index contributed by atoms with van der Waals surface area (Å²) in [6.45, 7) is 2.84. The summed E-state index contributed by atoms with van der Waals surface area (Å²) >= 11 is 0. The molecule has 2 rings (SSSR count). The van der Waals surface area contributed by atoms with Gasteiger partial charge in [-0.25, -0.2) is 9.59 Å². The number of unbranched alkanes of at least 4 members (excludes halogenated alkanes) is 14. The highest BCUT2D eigenvalue weighted by Crippen LogP contribution is 2.40. The van der Waals surface area contributed by atoms with Gasteiger partial charge >= 0.3 is 35.8 Å². The summed E-state index contributed by atoms with van der Waals surface area (Å²) in [6, 6.07) is 0. The van der Waals surface area contributed by atoms with Crippen LogP contribution >= 0.6 is 0 Å². The fourth-order valence-electron chi connectivity index (χ4n) is 6.96. The van der Waals surface area contributed by atoms with E-state index >= 15 is 0 Å². The zero-order valence-electron chi connectivity index (χ0n) is 30.1. The van der Waals surface area contributed by atoms with Gasteiger partial charge in [-0.1, -0.05) is 117 Å². The molecule has 2 fully saturated rings. The lowest BCUT2D eigenvalue weighted by Gasteiger charge is -2.32. The van der Waals surface area contributed by atoms with E-state index in [2.05, 4.69) is 13.8 Å². The molecule has 0 radical (unpaired) electrons. The Balaban J connectivity index is 1.96. The van der Waals surface area contributed by atoms with Crippen LogP contribution in [0.2, 0.25) is 0 Å². The first kappa shape index (κ1) is 42.9. The number of hydrogen-bond acceptors (Lipinski definition) is 11. The summed E-state index contributed by atoms with van der Waals surface area (Å²) in [5.74, 6) is -8.97. The summed E-state index contributed by atoms with van der Waals surface area (Å²) in [7, 11) is 0. The second kappa shape index (κ2) is 22.6. The van der Waals surface area contributed by atoms with Crippen LogP contribution in [0.3, 0.4) is 0 Å². The fraction of sp³-hybridized carbons (Fsp3) is 0.838. The van der Waals surface area contributed by atoms with Crippen LogP contribution in [0.1, 0.15) is 155 Å². The highest BCUT2D eigenvalue weighted by molar-refractivity contribution is 5.93. The average Bonchev–Trinajstić information content (AvgIpc) is 3.67. The number of cyclic esters (lactones) is 2. The van der Waals surface area contributed by atoms with Crippen molar-refractivity contribution in [3.05, 3.63) is 0 Å². The summed E-state index contributed by atoms with van der Waals surface area (Å²) in [6.07, 6.45) is 13.5. The minimum absolute atomic E-state index is 0.0946. The Morgan fingerprint density at radius 1 is 0.600 bits per heavy atom. The highest BCUT2D eigenvalue weighted by atomic mass is 16.6. The topological polar surface area (TPSA) is 200 Å². The Bertz CT molecular complexity index is 1020. The van der Waals surface area contributed by atoms with E-state index in [-0.39, 0.29) is 38.5 Å². The van der Waals surface area contributed by atoms with Gasteiger partial charge < -0.3 is 34.3 Å². The van der Waals surface area contributed by atoms with E-state index in [1.54, 1.807) is 0 Å². The maximum absolute atomic E-state index is 13.3. The van der Waals surface area contributed by atoms with Crippen molar-refractivity contribution in [3.8, 4) is 0 Å². The zero-order chi connectivity index (χ0) is 37.0. The molecule has 0 aromatic heterocycles. The molecule has 2 heterocycles. The number of hydrogen-bond donors (Lipinski definition) is 3. The molecular weight excluding hydrogens is 652 g/mol. The van der Waals surface area contributed by atoms with Gasteiger partial charge in [0.1, 0.15) is 31.2 Å². The monoisotopic (exact) mass is 712 g/mol. The van der Waals surface area contributed by atoms with Crippen molar-refractivity contribution in [2.24, 2.45) is 11.8 Å². The van der Waals surface area contributed by atoms with Crippen molar-refractivity contribution < 1.29 is 63.0 Å². The number of carbonyl (C=O) groups is 6. The third kappa shape index (κ3) is 13.2. The molecule has 4 atom stereocenters. The van der Waals surface area contributed by atoms with Gasteiger partial charge in [0.15, 0.2) is 0 Å². The van der Waals surface area contributed by atoms with Crippen molar-refractivity contribution in [2.45, 2.75) is 172 Å². The number of aliphatic carboxylic acids is 2. The molecule has 2 saturated heterocycles. The van der Waals surface area contributed by atoms with Gasteiger partial charge in [0.25, 0.3) is 0 Å². The van der Waals surface area contributed by atoms with E-state index in [0.29, 0.717) is 12.8 Å². The zero-order valence-corrected chi connectivity index (χ0v) is 30.1. The summed E-state index contributed by atoms with van der Waals surface area (Å²) in [5, 5.41) is 30.6. The summed E-state index contributed by atoms with van der Waals surface area (Å²) in [5.41, 5.74) is -4.10. The number of aliphatic hydroxyl groups is 1. The van der Waals surface area contributed by atoms with Gasteiger partial charge in [-0.2, -0.15) is 0 Å². The first-order chi connectivity index (χ1) is 23.9. The molecule has 0 aromatic carbocycles. The molecule has 0 aromatic rings. The largest absolute Gasteiger partial charge is 0.481 e. The van der Waals surface area contributed by atoms with Crippen LogP contribution in [0, 0.1) is 11.8 Å². The van der Waals surface area contributed by atoms with E-state index in [4.69, 9.17) is 18.9 Å². The number of esters is 4. The molecule has 0 spiro atoms. The lowest BCUT2D eigenvalue weighted by atomic mass is 9.81. The maximum Gasteiger partial charge on any atom is 0.351 e. The summed E-state index contributed by atoms with van der Waals surface area (Å²) in [4.78, 5) is 75.5. The molecule has 3 N–H and O–H groups in total. The van der Waals surface area contributed by atoms with Crippen LogP contribution in [0.15, 0.2) is 0 Å². The second-order valence-corrected chi connectivity index (χ2v) is 13.9. The maximum atomic E-state index is 13.3. The average molecular weight is 713 g/mol. The minimum Gasteiger partial charge on any atom is -0.481 e. The predicted octanol–water partition coefficient (Wildman–Crippen LogP) is 6.05. The molecule has 286 valence electrons. The Morgan fingerprint density at radius 3 is 1.20 bits per heavy atom.